The largest absolute Gasteiger partial charge is 0.326 e. The van der Waals surface area contributed by atoms with E-state index in [1.54, 1.807) is 18.2 Å². The first kappa shape index (κ1) is 23.1. The molecule has 0 aliphatic carbocycles. The minimum absolute atomic E-state index is 0.0547. The van der Waals surface area contributed by atoms with Crippen molar-refractivity contribution in [3.05, 3.63) is 63.6 Å². The van der Waals surface area contributed by atoms with E-state index in [0.29, 0.717) is 47.5 Å². The molecule has 162 valence electrons. The Bertz CT molecular complexity index is 1020. The lowest BCUT2D eigenvalue weighted by Crippen LogP contribution is -2.42. The molecule has 0 aromatic heterocycles. The fourth-order valence-electron chi connectivity index (χ4n) is 3.67. The monoisotopic (exact) mass is 468 g/mol. The molecular weight excluding hydrogens is 443 g/mol. The SMILES string of the molecule is CC(C)c1ccccc1NC(=O)C1CCN(S(=O)(=O)Cc2ccc(Cl)cc2Cl)CC1. The highest BCUT2D eigenvalue weighted by Crippen LogP contribution is 2.28. The number of halogens is 2. The maximum atomic E-state index is 12.8. The van der Waals surface area contributed by atoms with E-state index in [-0.39, 0.29) is 17.6 Å². The van der Waals surface area contributed by atoms with Crippen LogP contribution >= 0.6 is 23.2 Å². The molecule has 0 atom stereocenters. The molecule has 1 amide bonds. The topological polar surface area (TPSA) is 66.5 Å². The van der Waals surface area contributed by atoms with Crippen molar-refractivity contribution in [2.45, 2.75) is 38.4 Å². The van der Waals surface area contributed by atoms with Crippen LogP contribution in [0.25, 0.3) is 0 Å². The predicted octanol–water partition coefficient (Wildman–Crippen LogP) is 5.30. The van der Waals surface area contributed by atoms with Gasteiger partial charge in [0.15, 0.2) is 0 Å². The van der Waals surface area contributed by atoms with Crippen LogP contribution in [0.1, 0.15) is 43.7 Å². The van der Waals surface area contributed by atoms with E-state index >= 15 is 0 Å². The molecule has 0 bridgehead atoms. The van der Waals surface area contributed by atoms with Gasteiger partial charge in [0, 0.05) is 34.7 Å². The predicted molar refractivity (Wildman–Crippen MR) is 123 cm³/mol. The number of amides is 1. The first-order chi connectivity index (χ1) is 14.2. The van der Waals surface area contributed by atoms with E-state index in [1.807, 2.05) is 24.3 Å². The zero-order chi connectivity index (χ0) is 21.9. The van der Waals surface area contributed by atoms with Crippen molar-refractivity contribution in [3.63, 3.8) is 0 Å². The summed E-state index contributed by atoms with van der Waals surface area (Å²) in [5.74, 6) is -0.147. The van der Waals surface area contributed by atoms with Crippen LogP contribution in [-0.4, -0.2) is 31.7 Å². The zero-order valence-corrected chi connectivity index (χ0v) is 19.4. The highest BCUT2D eigenvalue weighted by atomic mass is 35.5. The van der Waals surface area contributed by atoms with Crippen LogP contribution in [0.15, 0.2) is 42.5 Å². The molecule has 0 radical (unpaired) electrons. The number of rotatable bonds is 6. The fraction of sp³-hybridized carbons (Fsp3) is 0.409. The molecule has 2 aromatic rings. The average molecular weight is 469 g/mol. The molecule has 1 saturated heterocycles. The Morgan fingerprint density at radius 1 is 1.13 bits per heavy atom. The summed E-state index contributed by atoms with van der Waals surface area (Å²) in [6.45, 7) is 4.80. The molecule has 1 heterocycles. The van der Waals surface area contributed by atoms with Crippen LogP contribution < -0.4 is 5.32 Å². The summed E-state index contributed by atoms with van der Waals surface area (Å²) in [5.41, 5.74) is 2.43. The number of hydrogen-bond donors (Lipinski definition) is 1. The number of hydrogen-bond acceptors (Lipinski definition) is 3. The molecule has 1 fully saturated rings. The molecule has 0 unspecified atom stereocenters. The molecule has 5 nitrogen and oxygen atoms in total. The number of carbonyl (C=O) groups is 1. The number of anilines is 1. The Morgan fingerprint density at radius 3 is 2.43 bits per heavy atom. The maximum absolute atomic E-state index is 12.8. The van der Waals surface area contributed by atoms with Crippen molar-refractivity contribution in [3.8, 4) is 0 Å². The van der Waals surface area contributed by atoms with Crippen LogP contribution in [0.5, 0.6) is 0 Å². The highest BCUT2D eigenvalue weighted by molar-refractivity contribution is 7.88. The summed E-state index contributed by atoms with van der Waals surface area (Å²) in [7, 11) is -3.52. The lowest BCUT2D eigenvalue weighted by molar-refractivity contribution is -0.120. The third-order valence-corrected chi connectivity index (χ3v) is 7.83. The Kier molecular flexibility index (Phi) is 7.45. The van der Waals surface area contributed by atoms with Crippen LogP contribution in [-0.2, 0) is 20.6 Å². The minimum atomic E-state index is -3.52. The van der Waals surface area contributed by atoms with Crippen molar-refractivity contribution in [1.82, 2.24) is 4.31 Å². The Balaban J connectivity index is 1.60. The van der Waals surface area contributed by atoms with Gasteiger partial charge in [-0.15, -0.1) is 0 Å². The second-order valence-corrected chi connectivity index (χ2v) is 10.7. The minimum Gasteiger partial charge on any atom is -0.326 e. The molecule has 30 heavy (non-hydrogen) atoms. The van der Waals surface area contributed by atoms with Crippen molar-refractivity contribution in [2.75, 3.05) is 18.4 Å². The standard InChI is InChI=1S/C22H26Cl2N2O3S/c1-15(2)19-5-3-4-6-21(19)25-22(27)16-9-11-26(12-10-16)30(28,29)14-17-7-8-18(23)13-20(17)24/h3-8,13,15-16H,9-12,14H2,1-2H3,(H,25,27). The Morgan fingerprint density at radius 2 is 1.80 bits per heavy atom. The molecule has 8 heteroatoms. The van der Waals surface area contributed by atoms with E-state index in [9.17, 15) is 13.2 Å². The van der Waals surface area contributed by atoms with E-state index < -0.39 is 10.0 Å². The highest BCUT2D eigenvalue weighted by Gasteiger charge is 2.31. The fourth-order valence-corrected chi connectivity index (χ4v) is 5.82. The summed E-state index contributed by atoms with van der Waals surface area (Å²) in [6, 6.07) is 12.6. The number of carbonyl (C=O) groups excluding carboxylic acids is 1. The summed E-state index contributed by atoms with van der Waals surface area (Å²) in [5, 5.41) is 3.83. The normalized spacial score (nSPS) is 16.0. The van der Waals surface area contributed by atoms with Crippen LogP contribution in [0.2, 0.25) is 10.0 Å². The third-order valence-electron chi connectivity index (χ3n) is 5.41. The molecule has 1 N–H and O–H groups in total. The number of nitrogens with zero attached hydrogens (tertiary/aromatic N) is 1. The van der Waals surface area contributed by atoms with E-state index in [2.05, 4.69) is 19.2 Å². The Hall–Kier alpha value is -1.60. The summed E-state index contributed by atoms with van der Waals surface area (Å²) in [4.78, 5) is 12.8. The van der Waals surface area contributed by atoms with E-state index in [4.69, 9.17) is 23.2 Å². The maximum Gasteiger partial charge on any atom is 0.227 e. The number of nitrogens with one attached hydrogen (secondary N) is 1. The first-order valence-corrected chi connectivity index (χ1v) is 12.4. The van der Waals surface area contributed by atoms with Gasteiger partial charge in [-0.25, -0.2) is 12.7 Å². The molecule has 1 aliphatic heterocycles. The van der Waals surface area contributed by atoms with Crippen molar-refractivity contribution >= 4 is 44.8 Å². The van der Waals surface area contributed by atoms with Crippen LogP contribution in [0, 0.1) is 5.92 Å². The van der Waals surface area contributed by atoms with Gasteiger partial charge in [0.2, 0.25) is 15.9 Å². The van der Waals surface area contributed by atoms with Crippen molar-refractivity contribution < 1.29 is 13.2 Å². The first-order valence-electron chi connectivity index (χ1n) is 9.99. The van der Waals surface area contributed by atoms with E-state index in [0.717, 1.165) is 11.3 Å². The second kappa shape index (κ2) is 9.69. The quantitative estimate of drug-likeness (QED) is 0.625. The van der Waals surface area contributed by atoms with Crippen molar-refractivity contribution in [2.24, 2.45) is 5.92 Å². The third kappa shape index (κ3) is 5.55. The lowest BCUT2D eigenvalue weighted by Gasteiger charge is -2.31. The summed E-state index contributed by atoms with van der Waals surface area (Å²) >= 11 is 12.0. The smallest absolute Gasteiger partial charge is 0.227 e. The molecule has 0 saturated carbocycles. The molecule has 1 aliphatic rings. The van der Waals surface area contributed by atoms with E-state index in [1.165, 1.54) is 4.31 Å². The van der Waals surface area contributed by atoms with Crippen LogP contribution in [0.4, 0.5) is 5.69 Å². The van der Waals surface area contributed by atoms with Crippen molar-refractivity contribution in [1.29, 1.82) is 0 Å². The van der Waals surface area contributed by atoms with Gasteiger partial charge in [-0.2, -0.15) is 0 Å². The zero-order valence-electron chi connectivity index (χ0n) is 17.1. The van der Waals surface area contributed by atoms with Gasteiger partial charge in [-0.1, -0.05) is 61.3 Å². The number of sulfonamides is 1. The van der Waals surface area contributed by atoms with Crippen LogP contribution in [0.3, 0.4) is 0 Å². The number of para-hydroxylation sites is 1. The molecule has 3 rings (SSSR count). The second-order valence-electron chi connectivity index (χ2n) is 7.90. The number of piperidine rings is 1. The van der Waals surface area contributed by atoms with Gasteiger partial charge in [-0.3, -0.25) is 4.79 Å². The van der Waals surface area contributed by atoms with Gasteiger partial charge in [0.25, 0.3) is 0 Å². The van der Waals surface area contributed by atoms with Gasteiger partial charge in [0.1, 0.15) is 0 Å². The van der Waals surface area contributed by atoms with Gasteiger partial charge in [0.05, 0.1) is 5.75 Å². The number of benzene rings is 2. The summed E-state index contributed by atoms with van der Waals surface area (Å²) in [6.07, 6.45) is 0.979. The molecule has 2 aromatic carbocycles. The van der Waals surface area contributed by atoms with Gasteiger partial charge >= 0.3 is 0 Å². The van der Waals surface area contributed by atoms with Gasteiger partial charge < -0.3 is 5.32 Å². The Labute approximate surface area is 188 Å². The molecular formula is C22H26Cl2N2O3S. The molecule has 0 spiro atoms. The summed E-state index contributed by atoms with van der Waals surface area (Å²) < 4.78 is 27.1. The lowest BCUT2D eigenvalue weighted by atomic mass is 9.96. The van der Waals surface area contributed by atoms with Gasteiger partial charge in [-0.05, 0) is 48.1 Å². The average Bonchev–Trinajstić information content (AvgIpc) is 2.70.